The van der Waals surface area contributed by atoms with Gasteiger partial charge in [0, 0.05) is 19.5 Å². The number of hydrogen-bond donors (Lipinski definition) is 2. The van der Waals surface area contributed by atoms with Crippen molar-refractivity contribution in [2.45, 2.75) is 72.0 Å². The van der Waals surface area contributed by atoms with Crippen LogP contribution in [0.3, 0.4) is 0 Å². The lowest BCUT2D eigenvalue weighted by Crippen LogP contribution is -2.64. The molecule has 0 unspecified atom stereocenters. The fourth-order valence-corrected chi connectivity index (χ4v) is 7.42. The number of aliphatic hydroxyl groups excluding tert-OH is 1. The molecule has 8 heteroatoms. The van der Waals surface area contributed by atoms with Crippen molar-refractivity contribution in [3.63, 3.8) is 0 Å². The lowest BCUT2D eigenvalue weighted by molar-refractivity contribution is -0.218. The summed E-state index contributed by atoms with van der Waals surface area (Å²) in [7, 11) is 3.17. The van der Waals surface area contributed by atoms with Crippen molar-refractivity contribution >= 4 is 17.9 Å². The number of likely N-dealkylation sites (N-methyl/N-ethyl adjacent to an activating group) is 1. The zero-order valence-corrected chi connectivity index (χ0v) is 21.4. The Bertz CT molecular complexity index is 826. The zero-order chi connectivity index (χ0) is 25.3. The summed E-state index contributed by atoms with van der Waals surface area (Å²) in [4.78, 5) is 37.3. The minimum absolute atomic E-state index is 0.0152. The third kappa shape index (κ3) is 4.63. The Morgan fingerprint density at radius 2 is 1.94 bits per heavy atom. The van der Waals surface area contributed by atoms with Crippen molar-refractivity contribution < 1.29 is 33.7 Å². The van der Waals surface area contributed by atoms with Crippen molar-refractivity contribution in [2.24, 2.45) is 34.5 Å². The minimum atomic E-state index is -1.03. The van der Waals surface area contributed by atoms with E-state index in [1.165, 1.54) is 14.0 Å². The number of carbonyl (C=O) groups is 3. The van der Waals surface area contributed by atoms with Gasteiger partial charge in [0.05, 0.1) is 13.2 Å². The van der Waals surface area contributed by atoms with E-state index in [0.29, 0.717) is 26.0 Å². The predicted octanol–water partition coefficient (Wildman–Crippen LogP) is 2.63. The monoisotopic (exact) mass is 479 g/mol. The van der Waals surface area contributed by atoms with E-state index in [1.807, 2.05) is 6.92 Å². The second kappa shape index (κ2) is 10.4. The van der Waals surface area contributed by atoms with Crippen LogP contribution < -0.4 is 5.32 Å². The average molecular weight is 480 g/mol. The van der Waals surface area contributed by atoms with E-state index in [4.69, 9.17) is 14.2 Å². The summed E-state index contributed by atoms with van der Waals surface area (Å²) in [6.07, 6.45) is 3.76. The molecule has 0 amide bonds. The first-order valence-electron chi connectivity index (χ1n) is 12.5. The summed E-state index contributed by atoms with van der Waals surface area (Å²) in [6.45, 7) is 8.41. The van der Waals surface area contributed by atoms with E-state index in [0.717, 1.165) is 24.8 Å². The van der Waals surface area contributed by atoms with Gasteiger partial charge in [-0.1, -0.05) is 19.4 Å². The molecule has 0 saturated heterocycles. The Labute approximate surface area is 202 Å². The Hall–Kier alpha value is -1.93. The maximum atomic E-state index is 13.1. The molecule has 0 aromatic carbocycles. The van der Waals surface area contributed by atoms with Crippen LogP contribution in [-0.4, -0.2) is 62.5 Å². The van der Waals surface area contributed by atoms with Crippen LogP contribution in [0.2, 0.25) is 0 Å². The van der Waals surface area contributed by atoms with Gasteiger partial charge in [0.15, 0.2) is 0 Å². The normalized spacial score (nSPS) is 40.6. The zero-order valence-electron chi connectivity index (χ0n) is 21.4. The van der Waals surface area contributed by atoms with Crippen molar-refractivity contribution in [1.82, 2.24) is 5.32 Å². The van der Waals surface area contributed by atoms with Crippen LogP contribution in [-0.2, 0) is 28.6 Å². The molecule has 3 aliphatic rings. The third-order valence-corrected chi connectivity index (χ3v) is 9.11. The molecule has 34 heavy (non-hydrogen) atoms. The largest absolute Gasteiger partial charge is 0.468 e. The quantitative estimate of drug-likeness (QED) is 0.259. The van der Waals surface area contributed by atoms with E-state index >= 15 is 0 Å². The number of allylic oxidation sites excluding steroid dienone is 1. The molecule has 0 aromatic rings. The summed E-state index contributed by atoms with van der Waals surface area (Å²) in [5, 5.41) is 14.3. The number of methoxy groups -OCH3 is 1. The molecule has 3 aliphatic carbocycles. The first-order chi connectivity index (χ1) is 16.0. The third-order valence-electron chi connectivity index (χ3n) is 9.11. The standard InChI is InChI=1S/C26H41NO7/c1-15-17(13-22(30)33-12-11-27-5)7-8-18-23(15)19(29)14-20-25(18,3)10-9-21(34-16(2)28)26(20,4)24(31)32-6/h13,15,18-21,23,27,29H,7-12,14H2,1-6H3/b17-13-/t15-,18-,19-,20+,21+,23-,25+,26+/m0/s1. The highest BCUT2D eigenvalue weighted by Crippen LogP contribution is 2.65. The van der Waals surface area contributed by atoms with E-state index in [-0.39, 0.29) is 35.1 Å². The topological polar surface area (TPSA) is 111 Å². The maximum absolute atomic E-state index is 13.1. The second-order valence-electron chi connectivity index (χ2n) is 10.8. The van der Waals surface area contributed by atoms with Crippen molar-refractivity contribution in [3.05, 3.63) is 11.6 Å². The second-order valence-corrected chi connectivity index (χ2v) is 10.8. The molecular weight excluding hydrogens is 438 g/mol. The van der Waals surface area contributed by atoms with Crippen LogP contribution in [0.1, 0.15) is 59.8 Å². The van der Waals surface area contributed by atoms with Crippen molar-refractivity contribution in [2.75, 3.05) is 27.3 Å². The van der Waals surface area contributed by atoms with Gasteiger partial charge in [-0.2, -0.15) is 0 Å². The summed E-state index contributed by atoms with van der Waals surface area (Å²) in [6, 6.07) is 0. The smallest absolute Gasteiger partial charge is 0.330 e. The van der Waals surface area contributed by atoms with Crippen molar-refractivity contribution in [1.29, 1.82) is 0 Å². The minimum Gasteiger partial charge on any atom is -0.468 e. The van der Waals surface area contributed by atoms with Crippen LogP contribution in [0.4, 0.5) is 0 Å². The fourth-order valence-electron chi connectivity index (χ4n) is 7.42. The summed E-state index contributed by atoms with van der Waals surface area (Å²) in [5.41, 5.74) is -0.243. The predicted molar refractivity (Wildman–Crippen MR) is 125 cm³/mol. The molecule has 3 fully saturated rings. The number of carbonyl (C=O) groups excluding carboxylic acids is 3. The summed E-state index contributed by atoms with van der Waals surface area (Å²) < 4.78 is 16.1. The number of fused-ring (bicyclic) bond motifs is 3. The van der Waals surface area contributed by atoms with Gasteiger partial charge in [-0.15, -0.1) is 0 Å². The molecule has 0 aromatic heterocycles. The van der Waals surface area contributed by atoms with Crippen molar-refractivity contribution in [3.8, 4) is 0 Å². The lowest BCUT2D eigenvalue weighted by Gasteiger charge is -2.63. The van der Waals surface area contributed by atoms with E-state index in [1.54, 1.807) is 13.1 Å². The van der Waals surface area contributed by atoms with Gasteiger partial charge < -0.3 is 24.6 Å². The molecule has 3 saturated carbocycles. The van der Waals surface area contributed by atoms with Crippen LogP contribution in [0, 0.1) is 34.5 Å². The number of esters is 3. The summed E-state index contributed by atoms with van der Waals surface area (Å²) in [5.74, 6) is -1.15. The Morgan fingerprint density at radius 3 is 2.56 bits per heavy atom. The number of rotatable bonds is 6. The van der Waals surface area contributed by atoms with Crippen LogP contribution in [0.25, 0.3) is 0 Å². The Balaban J connectivity index is 1.89. The van der Waals surface area contributed by atoms with Crippen LogP contribution in [0.5, 0.6) is 0 Å². The van der Waals surface area contributed by atoms with Gasteiger partial charge in [-0.25, -0.2) is 4.79 Å². The van der Waals surface area contributed by atoms with Gasteiger partial charge in [-0.05, 0) is 75.2 Å². The van der Waals surface area contributed by atoms with Gasteiger partial charge >= 0.3 is 17.9 Å². The fraction of sp³-hybridized carbons (Fsp3) is 0.808. The first kappa shape index (κ1) is 26.7. The highest BCUT2D eigenvalue weighted by atomic mass is 16.6. The van der Waals surface area contributed by atoms with Gasteiger partial charge in [-0.3, -0.25) is 9.59 Å². The molecular formula is C26H41NO7. The van der Waals surface area contributed by atoms with E-state index < -0.39 is 29.6 Å². The van der Waals surface area contributed by atoms with E-state index in [9.17, 15) is 19.5 Å². The highest BCUT2D eigenvalue weighted by molar-refractivity contribution is 5.83. The van der Waals surface area contributed by atoms with Gasteiger partial charge in [0.1, 0.15) is 18.1 Å². The Morgan fingerprint density at radius 1 is 1.24 bits per heavy atom. The van der Waals surface area contributed by atoms with E-state index in [2.05, 4.69) is 19.2 Å². The van der Waals surface area contributed by atoms with Gasteiger partial charge in [0.25, 0.3) is 0 Å². The number of nitrogens with one attached hydrogen (secondary N) is 1. The molecule has 3 rings (SSSR count). The number of hydrogen-bond acceptors (Lipinski definition) is 8. The van der Waals surface area contributed by atoms with Crippen LogP contribution in [0.15, 0.2) is 11.6 Å². The molecule has 0 aliphatic heterocycles. The molecule has 0 radical (unpaired) electrons. The number of ether oxygens (including phenoxy) is 3. The molecule has 8 atom stereocenters. The average Bonchev–Trinajstić information content (AvgIpc) is 2.78. The molecule has 0 bridgehead atoms. The molecule has 2 N–H and O–H groups in total. The summed E-state index contributed by atoms with van der Waals surface area (Å²) >= 11 is 0. The van der Waals surface area contributed by atoms with Gasteiger partial charge in [0.2, 0.25) is 0 Å². The molecule has 192 valence electrons. The number of aliphatic hydroxyl groups is 1. The highest BCUT2D eigenvalue weighted by Gasteiger charge is 2.66. The first-order valence-corrected chi connectivity index (χ1v) is 12.5. The molecule has 0 spiro atoms. The van der Waals surface area contributed by atoms with Crippen LogP contribution >= 0.6 is 0 Å². The molecule has 0 heterocycles. The maximum Gasteiger partial charge on any atom is 0.330 e. The Kier molecular flexibility index (Phi) is 8.13. The lowest BCUT2D eigenvalue weighted by atomic mass is 9.42. The SMILES string of the molecule is CNCCOC(=O)/C=C1/CC[C@H]2[C@@H]([C@@H](O)C[C@@H]3[C@]2(C)CC[C@@H](OC(C)=O)[C@]3(C)C(=O)OC)[C@H]1C. The molecule has 8 nitrogen and oxygen atoms in total.